The number of aromatic nitrogens is 3. The van der Waals surface area contributed by atoms with Gasteiger partial charge >= 0.3 is 0 Å². The van der Waals surface area contributed by atoms with Gasteiger partial charge in [0, 0.05) is 13.0 Å². The Bertz CT molecular complexity index is 239. The van der Waals surface area contributed by atoms with Gasteiger partial charge in [0.1, 0.15) is 5.82 Å². The van der Waals surface area contributed by atoms with E-state index in [-0.39, 0.29) is 0 Å². The van der Waals surface area contributed by atoms with Crippen molar-refractivity contribution in [3.05, 3.63) is 11.6 Å². The number of nitrogens with two attached hydrogens (primary N) is 1. The van der Waals surface area contributed by atoms with Crippen LogP contribution in [0.2, 0.25) is 0 Å². The largest absolute Gasteiger partial charge is 0.324 e. The lowest BCUT2D eigenvalue weighted by Gasteiger charge is -2.00. The molecular weight excluding hydrogens is 140 g/mol. The molecule has 4 heteroatoms. The SMILES string of the molecule is CC(C)c1nc(CN)nn1C. The van der Waals surface area contributed by atoms with Gasteiger partial charge in [0.25, 0.3) is 0 Å². The average Bonchev–Trinajstić information content (AvgIpc) is 2.30. The summed E-state index contributed by atoms with van der Waals surface area (Å²) in [6.07, 6.45) is 0. The minimum absolute atomic E-state index is 0.410. The van der Waals surface area contributed by atoms with Crippen LogP contribution in [0.4, 0.5) is 0 Å². The molecule has 1 aromatic heterocycles. The van der Waals surface area contributed by atoms with Crippen molar-refractivity contribution >= 4 is 0 Å². The Balaban J connectivity index is 2.97. The van der Waals surface area contributed by atoms with Gasteiger partial charge in [-0.3, -0.25) is 4.68 Å². The van der Waals surface area contributed by atoms with E-state index in [1.165, 1.54) is 0 Å². The van der Waals surface area contributed by atoms with Crippen molar-refractivity contribution in [2.75, 3.05) is 0 Å². The first-order chi connectivity index (χ1) is 5.15. The first-order valence-corrected chi connectivity index (χ1v) is 3.75. The minimum atomic E-state index is 0.410. The molecule has 0 spiro atoms. The fraction of sp³-hybridized carbons (Fsp3) is 0.714. The molecule has 0 aliphatic heterocycles. The van der Waals surface area contributed by atoms with E-state index in [9.17, 15) is 0 Å². The average molecular weight is 154 g/mol. The third-order valence-corrected chi connectivity index (χ3v) is 1.54. The highest BCUT2D eigenvalue weighted by molar-refractivity contribution is 4.96. The zero-order chi connectivity index (χ0) is 8.43. The van der Waals surface area contributed by atoms with Crippen LogP contribution in [0.3, 0.4) is 0 Å². The second-order valence-corrected chi connectivity index (χ2v) is 2.87. The second-order valence-electron chi connectivity index (χ2n) is 2.87. The van der Waals surface area contributed by atoms with Gasteiger partial charge in [-0.15, -0.1) is 0 Å². The van der Waals surface area contributed by atoms with Gasteiger partial charge in [-0.1, -0.05) is 13.8 Å². The fourth-order valence-corrected chi connectivity index (χ4v) is 1.04. The topological polar surface area (TPSA) is 56.7 Å². The van der Waals surface area contributed by atoms with Crippen molar-refractivity contribution in [1.29, 1.82) is 0 Å². The van der Waals surface area contributed by atoms with Gasteiger partial charge < -0.3 is 5.73 Å². The highest BCUT2D eigenvalue weighted by Crippen LogP contribution is 2.09. The van der Waals surface area contributed by atoms with Crippen molar-refractivity contribution in [3.63, 3.8) is 0 Å². The van der Waals surface area contributed by atoms with E-state index in [2.05, 4.69) is 23.9 Å². The third-order valence-electron chi connectivity index (χ3n) is 1.54. The zero-order valence-electron chi connectivity index (χ0n) is 7.20. The van der Waals surface area contributed by atoms with Gasteiger partial charge in [0.05, 0.1) is 6.54 Å². The van der Waals surface area contributed by atoms with Crippen LogP contribution in [0.25, 0.3) is 0 Å². The number of aryl methyl sites for hydroxylation is 1. The molecule has 0 amide bonds. The minimum Gasteiger partial charge on any atom is -0.324 e. The molecule has 62 valence electrons. The quantitative estimate of drug-likeness (QED) is 0.670. The Labute approximate surface area is 66.4 Å². The van der Waals surface area contributed by atoms with Crippen LogP contribution in [0, 0.1) is 0 Å². The highest BCUT2D eigenvalue weighted by Gasteiger charge is 2.08. The molecule has 0 aliphatic rings. The molecule has 0 radical (unpaired) electrons. The van der Waals surface area contributed by atoms with Crippen LogP contribution in [0.15, 0.2) is 0 Å². The number of rotatable bonds is 2. The predicted octanol–water partition coefficient (Wildman–Crippen LogP) is 0.397. The molecule has 2 N–H and O–H groups in total. The number of nitrogens with zero attached hydrogens (tertiary/aromatic N) is 3. The zero-order valence-corrected chi connectivity index (χ0v) is 7.20. The smallest absolute Gasteiger partial charge is 0.164 e. The molecule has 0 aromatic carbocycles. The Morgan fingerprint density at radius 3 is 2.45 bits per heavy atom. The van der Waals surface area contributed by atoms with Gasteiger partial charge in [-0.2, -0.15) is 5.10 Å². The maximum Gasteiger partial charge on any atom is 0.164 e. The van der Waals surface area contributed by atoms with Crippen LogP contribution in [0.1, 0.15) is 31.4 Å². The van der Waals surface area contributed by atoms with Gasteiger partial charge in [0.2, 0.25) is 0 Å². The van der Waals surface area contributed by atoms with E-state index in [0.29, 0.717) is 12.5 Å². The molecule has 0 bridgehead atoms. The summed E-state index contributed by atoms with van der Waals surface area (Å²) < 4.78 is 1.78. The Hall–Kier alpha value is -0.900. The predicted molar refractivity (Wildman–Crippen MR) is 43.0 cm³/mol. The number of hydrogen-bond donors (Lipinski definition) is 1. The fourth-order valence-electron chi connectivity index (χ4n) is 1.04. The summed E-state index contributed by atoms with van der Waals surface area (Å²) >= 11 is 0. The normalized spacial score (nSPS) is 11.0. The molecule has 4 nitrogen and oxygen atoms in total. The molecule has 0 saturated carbocycles. The molecule has 0 aliphatic carbocycles. The standard InChI is InChI=1S/C7H14N4/c1-5(2)7-9-6(4-8)10-11(7)3/h5H,4,8H2,1-3H3. The summed E-state index contributed by atoms with van der Waals surface area (Å²) in [5.74, 6) is 2.12. The van der Waals surface area contributed by atoms with E-state index in [0.717, 1.165) is 11.6 Å². The van der Waals surface area contributed by atoms with Crippen molar-refractivity contribution in [2.45, 2.75) is 26.3 Å². The van der Waals surface area contributed by atoms with Crippen LogP contribution in [0.5, 0.6) is 0 Å². The van der Waals surface area contributed by atoms with Crippen LogP contribution in [-0.4, -0.2) is 14.8 Å². The lowest BCUT2D eigenvalue weighted by molar-refractivity contribution is 0.652. The summed E-state index contributed by atoms with van der Waals surface area (Å²) in [4.78, 5) is 4.25. The van der Waals surface area contributed by atoms with Gasteiger partial charge in [-0.25, -0.2) is 4.98 Å². The summed E-state index contributed by atoms with van der Waals surface area (Å²) in [5.41, 5.74) is 5.39. The van der Waals surface area contributed by atoms with Crippen LogP contribution >= 0.6 is 0 Å². The second kappa shape index (κ2) is 3.00. The van der Waals surface area contributed by atoms with E-state index in [4.69, 9.17) is 5.73 Å². The van der Waals surface area contributed by atoms with E-state index in [1.54, 1.807) is 4.68 Å². The van der Waals surface area contributed by atoms with E-state index in [1.807, 2.05) is 7.05 Å². The van der Waals surface area contributed by atoms with Gasteiger partial charge in [-0.05, 0) is 0 Å². The summed E-state index contributed by atoms with van der Waals surface area (Å²) in [6, 6.07) is 0. The molecular formula is C7H14N4. The van der Waals surface area contributed by atoms with E-state index >= 15 is 0 Å². The lowest BCUT2D eigenvalue weighted by atomic mass is 10.2. The molecule has 1 heterocycles. The van der Waals surface area contributed by atoms with Crippen molar-refractivity contribution < 1.29 is 0 Å². The molecule has 0 fully saturated rings. The summed E-state index contributed by atoms with van der Waals surface area (Å²) in [7, 11) is 1.89. The summed E-state index contributed by atoms with van der Waals surface area (Å²) in [5, 5.41) is 4.13. The Morgan fingerprint density at radius 1 is 1.55 bits per heavy atom. The molecule has 0 unspecified atom stereocenters. The van der Waals surface area contributed by atoms with Crippen LogP contribution in [-0.2, 0) is 13.6 Å². The monoisotopic (exact) mass is 154 g/mol. The highest BCUT2D eigenvalue weighted by atomic mass is 15.3. The van der Waals surface area contributed by atoms with Crippen LogP contribution < -0.4 is 5.73 Å². The Kier molecular flexibility index (Phi) is 2.24. The first kappa shape index (κ1) is 8.20. The molecule has 0 atom stereocenters. The maximum absolute atomic E-state index is 5.39. The molecule has 1 rings (SSSR count). The van der Waals surface area contributed by atoms with Crippen molar-refractivity contribution in [1.82, 2.24) is 14.8 Å². The third kappa shape index (κ3) is 1.57. The maximum atomic E-state index is 5.39. The van der Waals surface area contributed by atoms with Gasteiger partial charge in [0.15, 0.2) is 5.82 Å². The molecule has 0 saturated heterocycles. The lowest BCUT2D eigenvalue weighted by Crippen LogP contribution is -2.00. The summed E-state index contributed by atoms with van der Waals surface area (Å²) in [6.45, 7) is 4.59. The number of hydrogen-bond acceptors (Lipinski definition) is 3. The van der Waals surface area contributed by atoms with Crippen molar-refractivity contribution in [3.8, 4) is 0 Å². The Morgan fingerprint density at radius 2 is 2.18 bits per heavy atom. The molecule has 11 heavy (non-hydrogen) atoms. The first-order valence-electron chi connectivity index (χ1n) is 3.75. The molecule has 1 aromatic rings. The van der Waals surface area contributed by atoms with E-state index < -0.39 is 0 Å². The van der Waals surface area contributed by atoms with Crippen molar-refractivity contribution in [2.24, 2.45) is 12.8 Å².